The van der Waals surface area contributed by atoms with Crippen molar-refractivity contribution in [2.24, 2.45) is 0 Å². The topological polar surface area (TPSA) is 62.6 Å². The summed E-state index contributed by atoms with van der Waals surface area (Å²) in [4.78, 5) is 24.4. The normalized spacial score (nSPS) is 12.3. The summed E-state index contributed by atoms with van der Waals surface area (Å²) in [6.45, 7) is 0.425. The number of halogens is 3. The number of alkyl halides is 3. The van der Waals surface area contributed by atoms with Gasteiger partial charge in [0.25, 0.3) is 11.8 Å². The summed E-state index contributed by atoms with van der Waals surface area (Å²) in [6, 6.07) is 13.2. The van der Waals surface area contributed by atoms with Crippen LogP contribution in [-0.4, -0.2) is 25.4 Å². The Bertz CT molecular complexity index is 747. The zero-order valence-corrected chi connectivity index (χ0v) is 14.1. The van der Waals surface area contributed by atoms with Gasteiger partial charge >= 0.3 is 6.18 Å². The smallest absolute Gasteiger partial charge is 0.326 e. The second-order valence-corrected chi connectivity index (χ2v) is 5.87. The van der Waals surface area contributed by atoms with E-state index in [0.29, 0.717) is 17.7 Å². The van der Waals surface area contributed by atoms with Crippen LogP contribution in [0.1, 0.15) is 21.5 Å². The molecular formula is C18H19F3N3O2+. The molecule has 138 valence electrons. The molecular weight excluding hydrogens is 347 g/mol. The van der Waals surface area contributed by atoms with Gasteiger partial charge in [-0.2, -0.15) is 13.2 Å². The van der Waals surface area contributed by atoms with Gasteiger partial charge in [-0.25, -0.2) is 0 Å². The second-order valence-electron chi connectivity index (χ2n) is 5.87. The predicted octanol–water partition coefficient (Wildman–Crippen LogP) is 1.18. The molecule has 1 unspecified atom stereocenters. The molecule has 2 rings (SSSR count). The Hall–Kier alpha value is -2.87. The van der Waals surface area contributed by atoms with Crippen LogP contribution in [0.5, 0.6) is 0 Å². The van der Waals surface area contributed by atoms with E-state index in [-0.39, 0.29) is 6.54 Å². The number of hydrogen-bond donors (Lipinski definition) is 3. The van der Waals surface area contributed by atoms with E-state index in [1.54, 1.807) is 37.4 Å². The van der Waals surface area contributed by atoms with Crippen molar-refractivity contribution in [1.82, 2.24) is 10.9 Å². The summed E-state index contributed by atoms with van der Waals surface area (Å²) >= 11 is 0. The van der Waals surface area contributed by atoms with E-state index in [2.05, 4.69) is 10.9 Å². The van der Waals surface area contributed by atoms with Gasteiger partial charge in [-0.3, -0.25) is 20.4 Å². The van der Waals surface area contributed by atoms with Crippen LogP contribution in [0.15, 0.2) is 54.6 Å². The third kappa shape index (κ3) is 5.89. The highest BCUT2D eigenvalue weighted by atomic mass is 19.4. The molecule has 0 aliphatic heterocycles. The van der Waals surface area contributed by atoms with Crippen LogP contribution in [0.2, 0.25) is 0 Å². The van der Waals surface area contributed by atoms with Crippen molar-refractivity contribution >= 4 is 11.8 Å². The summed E-state index contributed by atoms with van der Waals surface area (Å²) in [5.74, 6) is -0.835. The average molecular weight is 366 g/mol. The molecule has 0 aliphatic rings. The van der Waals surface area contributed by atoms with Gasteiger partial charge in [0, 0.05) is 11.1 Å². The summed E-state index contributed by atoms with van der Waals surface area (Å²) < 4.78 is 37.6. The molecule has 1 atom stereocenters. The molecule has 0 saturated carbocycles. The molecule has 0 bridgehead atoms. The SMILES string of the molecule is C[NH+](CC(=O)NNC(=O)c1ccccc1)Cc1ccc(C(F)(F)F)cc1. The van der Waals surface area contributed by atoms with Crippen LogP contribution in [0.25, 0.3) is 0 Å². The van der Waals surface area contributed by atoms with Crippen LogP contribution in [0, 0.1) is 0 Å². The summed E-state index contributed by atoms with van der Waals surface area (Å²) in [5.41, 5.74) is 5.02. The number of carbonyl (C=O) groups excluding carboxylic acids is 2. The third-order valence-corrected chi connectivity index (χ3v) is 3.60. The molecule has 0 aliphatic carbocycles. The second kappa shape index (κ2) is 8.48. The fourth-order valence-corrected chi connectivity index (χ4v) is 2.33. The molecule has 2 aromatic rings. The lowest BCUT2D eigenvalue weighted by atomic mass is 10.1. The van der Waals surface area contributed by atoms with Gasteiger partial charge in [0.05, 0.1) is 12.6 Å². The van der Waals surface area contributed by atoms with Gasteiger partial charge in [0.15, 0.2) is 6.54 Å². The first-order valence-electron chi connectivity index (χ1n) is 7.87. The van der Waals surface area contributed by atoms with Gasteiger partial charge in [-0.1, -0.05) is 30.3 Å². The molecule has 0 radical (unpaired) electrons. The van der Waals surface area contributed by atoms with E-state index in [1.165, 1.54) is 12.1 Å². The monoisotopic (exact) mass is 366 g/mol. The van der Waals surface area contributed by atoms with Gasteiger partial charge in [0.1, 0.15) is 6.54 Å². The molecule has 0 aromatic heterocycles. The lowest BCUT2D eigenvalue weighted by Crippen LogP contribution is -3.09. The largest absolute Gasteiger partial charge is 0.416 e. The zero-order chi connectivity index (χ0) is 19.2. The molecule has 0 heterocycles. The highest BCUT2D eigenvalue weighted by molar-refractivity contribution is 5.95. The van der Waals surface area contributed by atoms with Crippen molar-refractivity contribution in [2.75, 3.05) is 13.6 Å². The van der Waals surface area contributed by atoms with Crippen molar-refractivity contribution in [3.63, 3.8) is 0 Å². The number of likely N-dealkylation sites (N-methyl/N-ethyl adjacent to an activating group) is 1. The van der Waals surface area contributed by atoms with Gasteiger partial charge in [-0.15, -0.1) is 0 Å². The number of hydrazine groups is 1. The molecule has 5 nitrogen and oxygen atoms in total. The van der Waals surface area contributed by atoms with Gasteiger partial charge < -0.3 is 4.90 Å². The van der Waals surface area contributed by atoms with Gasteiger partial charge in [0.2, 0.25) is 0 Å². The van der Waals surface area contributed by atoms with E-state index >= 15 is 0 Å². The highest BCUT2D eigenvalue weighted by Crippen LogP contribution is 2.28. The Balaban J connectivity index is 1.79. The van der Waals surface area contributed by atoms with E-state index in [9.17, 15) is 22.8 Å². The Morgan fingerprint density at radius 2 is 1.58 bits per heavy atom. The van der Waals surface area contributed by atoms with Crippen LogP contribution in [-0.2, 0) is 17.5 Å². The number of rotatable bonds is 5. The minimum absolute atomic E-state index is 0.0517. The Kier molecular flexibility index (Phi) is 6.35. The molecule has 2 amide bonds. The lowest BCUT2D eigenvalue weighted by Gasteiger charge is -2.15. The maximum Gasteiger partial charge on any atom is 0.416 e. The maximum atomic E-state index is 12.5. The van der Waals surface area contributed by atoms with E-state index in [4.69, 9.17) is 0 Å². The van der Waals surface area contributed by atoms with Crippen LogP contribution >= 0.6 is 0 Å². The fraction of sp³-hybridized carbons (Fsp3) is 0.222. The number of quaternary nitrogens is 1. The average Bonchev–Trinajstić information content (AvgIpc) is 2.60. The maximum absolute atomic E-state index is 12.5. The number of benzene rings is 2. The Morgan fingerprint density at radius 1 is 0.962 bits per heavy atom. The molecule has 0 saturated heterocycles. The predicted molar refractivity (Wildman–Crippen MR) is 89.0 cm³/mol. The number of amides is 2. The number of hydrogen-bond acceptors (Lipinski definition) is 2. The summed E-state index contributed by atoms with van der Waals surface area (Å²) in [7, 11) is 1.73. The standard InChI is InChI=1S/C18H18F3N3O2/c1-24(11-13-7-9-15(10-8-13)18(19,20)21)12-16(25)22-23-17(26)14-5-3-2-4-6-14/h2-10H,11-12H2,1H3,(H,22,25)(H,23,26)/p+1. The first-order chi connectivity index (χ1) is 12.3. The first kappa shape index (κ1) is 19.5. The Morgan fingerprint density at radius 3 is 2.15 bits per heavy atom. The molecule has 0 spiro atoms. The molecule has 3 N–H and O–H groups in total. The molecule has 8 heteroatoms. The summed E-state index contributed by atoms with van der Waals surface area (Å²) in [5, 5.41) is 0. The molecule has 2 aromatic carbocycles. The first-order valence-corrected chi connectivity index (χ1v) is 7.87. The van der Waals surface area contributed by atoms with Gasteiger partial charge in [-0.05, 0) is 24.3 Å². The minimum Gasteiger partial charge on any atom is -0.326 e. The Labute approximate surface area is 148 Å². The van der Waals surface area contributed by atoms with Crippen molar-refractivity contribution < 1.29 is 27.7 Å². The third-order valence-electron chi connectivity index (χ3n) is 3.60. The van der Waals surface area contributed by atoms with E-state index < -0.39 is 23.6 Å². The highest BCUT2D eigenvalue weighted by Gasteiger charge is 2.30. The fourth-order valence-electron chi connectivity index (χ4n) is 2.33. The van der Waals surface area contributed by atoms with E-state index in [1.807, 2.05) is 0 Å². The van der Waals surface area contributed by atoms with E-state index in [0.717, 1.165) is 17.0 Å². The lowest BCUT2D eigenvalue weighted by molar-refractivity contribution is -0.885. The summed E-state index contributed by atoms with van der Waals surface area (Å²) in [6.07, 6.45) is -4.37. The molecule has 26 heavy (non-hydrogen) atoms. The van der Waals surface area contributed by atoms with Crippen LogP contribution < -0.4 is 15.8 Å². The number of nitrogens with one attached hydrogen (secondary N) is 3. The quantitative estimate of drug-likeness (QED) is 0.696. The van der Waals surface area contributed by atoms with Crippen molar-refractivity contribution in [3.05, 3.63) is 71.3 Å². The van der Waals surface area contributed by atoms with Crippen molar-refractivity contribution in [2.45, 2.75) is 12.7 Å². The minimum atomic E-state index is -4.37. The van der Waals surface area contributed by atoms with Crippen molar-refractivity contribution in [3.8, 4) is 0 Å². The van der Waals surface area contributed by atoms with Crippen LogP contribution in [0.3, 0.4) is 0 Å². The number of carbonyl (C=O) groups is 2. The molecule has 0 fully saturated rings. The van der Waals surface area contributed by atoms with Crippen molar-refractivity contribution in [1.29, 1.82) is 0 Å². The zero-order valence-electron chi connectivity index (χ0n) is 14.1. The van der Waals surface area contributed by atoms with Crippen LogP contribution in [0.4, 0.5) is 13.2 Å².